The molecular formula is C15H24N2O3. The van der Waals surface area contributed by atoms with Crippen molar-refractivity contribution in [1.82, 2.24) is 10.6 Å². The second kappa shape index (κ2) is 8.43. The number of methoxy groups -OCH3 is 2. The van der Waals surface area contributed by atoms with E-state index in [-0.39, 0.29) is 11.9 Å². The molecule has 1 aromatic rings. The topological polar surface area (TPSA) is 59.6 Å². The van der Waals surface area contributed by atoms with Crippen LogP contribution in [-0.4, -0.2) is 39.3 Å². The summed E-state index contributed by atoms with van der Waals surface area (Å²) < 4.78 is 10.4. The maximum Gasteiger partial charge on any atom is 0.234 e. The smallest absolute Gasteiger partial charge is 0.234 e. The molecule has 5 heteroatoms. The molecule has 112 valence electrons. The van der Waals surface area contributed by atoms with Crippen molar-refractivity contribution >= 4 is 5.91 Å². The van der Waals surface area contributed by atoms with Gasteiger partial charge in [-0.3, -0.25) is 4.79 Å². The number of rotatable bonds is 8. The molecule has 0 radical (unpaired) electrons. The predicted molar refractivity (Wildman–Crippen MR) is 79.4 cm³/mol. The van der Waals surface area contributed by atoms with Gasteiger partial charge in [0, 0.05) is 6.04 Å². The average Bonchev–Trinajstić information content (AvgIpc) is 2.42. The van der Waals surface area contributed by atoms with Crippen molar-refractivity contribution in [2.75, 3.05) is 27.3 Å². The third kappa shape index (κ3) is 5.48. The van der Waals surface area contributed by atoms with Gasteiger partial charge in [0.2, 0.25) is 5.91 Å². The molecule has 20 heavy (non-hydrogen) atoms. The average molecular weight is 280 g/mol. The van der Waals surface area contributed by atoms with E-state index in [9.17, 15) is 4.79 Å². The number of nitrogens with one attached hydrogen (secondary N) is 2. The highest BCUT2D eigenvalue weighted by Crippen LogP contribution is 2.27. The Morgan fingerprint density at radius 2 is 1.90 bits per heavy atom. The van der Waals surface area contributed by atoms with Gasteiger partial charge in [-0.15, -0.1) is 0 Å². The van der Waals surface area contributed by atoms with Crippen LogP contribution in [0, 0.1) is 0 Å². The van der Waals surface area contributed by atoms with E-state index in [1.54, 1.807) is 14.2 Å². The Labute approximate surface area is 120 Å². The zero-order valence-electron chi connectivity index (χ0n) is 12.7. The molecule has 0 heterocycles. The van der Waals surface area contributed by atoms with Crippen LogP contribution < -0.4 is 20.1 Å². The number of benzene rings is 1. The summed E-state index contributed by atoms with van der Waals surface area (Å²) in [6, 6.07) is 6.01. The summed E-state index contributed by atoms with van der Waals surface area (Å²) in [5.74, 6) is 1.47. The van der Waals surface area contributed by atoms with Gasteiger partial charge >= 0.3 is 0 Å². The van der Waals surface area contributed by atoms with Crippen LogP contribution in [0.2, 0.25) is 0 Å². The highest BCUT2D eigenvalue weighted by atomic mass is 16.5. The third-order valence-electron chi connectivity index (χ3n) is 2.77. The quantitative estimate of drug-likeness (QED) is 0.706. The number of carbonyl (C=O) groups excluding carboxylic acids is 1. The molecule has 0 aliphatic heterocycles. The molecule has 0 aliphatic rings. The van der Waals surface area contributed by atoms with E-state index in [2.05, 4.69) is 10.6 Å². The lowest BCUT2D eigenvalue weighted by Gasteiger charge is -2.11. The van der Waals surface area contributed by atoms with Crippen molar-refractivity contribution in [2.45, 2.75) is 26.3 Å². The summed E-state index contributed by atoms with van der Waals surface area (Å²) in [5.41, 5.74) is 1.14. The van der Waals surface area contributed by atoms with E-state index in [1.165, 1.54) is 0 Å². The molecular weight excluding hydrogens is 256 g/mol. The second-order valence-corrected chi connectivity index (χ2v) is 4.84. The van der Waals surface area contributed by atoms with Crippen LogP contribution in [-0.2, 0) is 11.2 Å². The highest BCUT2D eigenvalue weighted by Gasteiger charge is 2.05. The minimum Gasteiger partial charge on any atom is -0.493 e. The Kier molecular flexibility index (Phi) is 6.87. The third-order valence-corrected chi connectivity index (χ3v) is 2.77. The Morgan fingerprint density at radius 1 is 1.20 bits per heavy atom. The molecule has 0 atom stereocenters. The van der Waals surface area contributed by atoms with E-state index >= 15 is 0 Å². The molecule has 2 N–H and O–H groups in total. The second-order valence-electron chi connectivity index (χ2n) is 4.84. The number of amides is 1. The summed E-state index contributed by atoms with van der Waals surface area (Å²) >= 11 is 0. The summed E-state index contributed by atoms with van der Waals surface area (Å²) in [4.78, 5) is 11.4. The fourth-order valence-electron chi connectivity index (χ4n) is 1.84. The van der Waals surface area contributed by atoms with E-state index in [4.69, 9.17) is 9.47 Å². The van der Waals surface area contributed by atoms with Crippen molar-refractivity contribution < 1.29 is 14.3 Å². The van der Waals surface area contributed by atoms with E-state index in [0.717, 1.165) is 30.0 Å². The van der Waals surface area contributed by atoms with E-state index in [0.29, 0.717) is 6.54 Å². The predicted octanol–water partition coefficient (Wildman–Crippen LogP) is 1.36. The largest absolute Gasteiger partial charge is 0.493 e. The number of ether oxygens (including phenoxy) is 2. The Hall–Kier alpha value is -1.75. The Bertz CT molecular complexity index is 433. The maximum absolute atomic E-state index is 11.4. The van der Waals surface area contributed by atoms with Crippen molar-refractivity contribution in [1.29, 1.82) is 0 Å². The molecule has 0 spiro atoms. The lowest BCUT2D eigenvalue weighted by atomic mass is 10.1. The lowest BCUT2D eigenvalue weighted by molar-refractivity contribution is -0.120. The normalized spacial score (nSPS) is 10.4. The van der Waals surface area contributed by atoms with Gasteiger partial charge in [-0.1, -0.05) is 6.07 Å². The zero-order chi connectivity index (χ0) is 15.0. The molecule has 0 saturated carbocycles. The summed E-state index contributed by atoms with van der Waals surface area (Å²) in [6.45, 7) is 4.97. The van der Waals surface area contributed by atoms with Crippen LogP contribution in [0.3, 0.4) is 0 Å². The van der Waals surface area contributed by atoms with Crippen LogP contribution in [0.15, 0.2) is 18.2 Å². The van der Waals surface area contributed by atoms with Gasteiger partial charge in [-0.25, -0.2) is 0 Å². The molecule has 1 amide bonds. The molecule has 5 nitrogen and oxygen atoms in total. The summed E-state index contributed by atoms with van der Waals surface area (Å²) in [5, 5.41) is 5.96. The molecule has 0 aliphatic carbocycles. The van der Waals surface area contributed by atoms with Crippen molar-refractivity contribution in [3.8, 4) is 11.5 Å². The highest BCUT2D eigenvalue weighted by molar-refractivity contribution is 5.78. The van der Waals surface area contributed by atoms with Gasteiger partial charge in [-0.05, 0) is 44.5 Å². The van der Waals surface area contributed by atoms with Crippen LogP contribution in [0.5, 0.6) is 11.5 Å². The van der Waals surface area contributed by atoms with Gasteiger partial charge in [-0.2, -0.15) is 0 Å². The Balaban J connectivity index is 2.37. The monoisotopic (exact) mass is 280 g/mol. The SMILES string of the molecule is COc1ccc(CCNCC(=O)NC(C)C)cc1OC. The number of hydrogen-bond donors (Lipinski definition) is 2. The first-order valence-corrected chi connectivity index (χ1v) is 6.77. The van der Waals surface area contributed by atoms with Crippen molar-refractivity contribution in [3.63, 3.8) is 0 Å². The van der Waals surface area contributed by atoms with Gasteiger partial charge in [0.05, 0.1) is 20.8 Å². The molecule has 0 unspecified atom stereocenters. The first-order chi connectivity index (χ1) is 9.56. The first kappa shape index (κ1) is 16.3. The van der Waals surface area contributed by atoms with Gasteiger partial charge in [0.1, 0.15) is 0 Å². The van der Waals surface area contributed by atoms with Crippen molar-refractivity contribution in [2.24, 2.45) is 0 Å². The first-order valence-electron chi connectivity index (χ1n) is 6.77. The van der Waals surface area contributed by atoms with Crippen LogP contribution in [0.25, 0.3) is 0 Å². The Morgan fingerprint density at radius 3 is 2.50 bits per heavy atom. The van der Waals surface area contributed by atoms with Crippen molar-refractivity contribution in [3.05, 3.63) is 23.8 Å². The molecule has 1 rings (SSSR count). The van der Waals surface area contributed by atoms with Gasteiger partial charge < -0.3 is 20.1 Å². The van der Waals surface area contributed by atoms with E-state index < -0.39 is 0 Å². The molecule has 0 bridgehead atoms. The van der Waals surface area contributed by atoms with Crippen LogP contribution in [0.1, 0.15) is 19.4 Å². The maximum atomic E-state index is 11.4. The molecule has 0 saturated heterocycles. The fraction of sp³-hybridized carbons (Fsp3) is 0.533. The number of carbonyl (C=O) groups is 1. The minimum atomic E-state index is 0.0207. The molecule has 0 aromatic heterocycles. The van der Waals surface area contributed by atoms with Crippen LogP contribution in [0.4, 0.5) is 0 Å². The zero-order valence-corrected chi connectivity index (χ0v) is 12.7. The van der Waals surface area contributed by atoms with Gasteiger partial charge in [0.25, 0.3) is 0 Å². The van der Waals surface area contributed by atoms with E-state index in [1.807, 2.05) is 32.0 Å². The van der Waals surface area contributed by atoms with Gasteiger partial charge in [0.15, 0.2) is 11.5 Å². The van der Waals surface area contributed by atoms with Crippen LogP contribution >= 0.6 is 0 Å². The minimum absolute atomic E-state index is 0.0207. The molecule has 1 aromatic carbocycles. The fourth-order valence-corrected chi connectivity index (χ4v) is 1.84. The lowest BCUT2D eigenvalue weighted by Crippen LogP contribution is -2.38. The summed E-state index contributed by atoms with van der Waals surface area (Å²) in [7, 11) is 3.24. The standard InChI is InChI=1S/C15H24N2O3/c1-11(2)17-15(18)10-16-8-7-12-5-6-13(19-3)14(9-12)20-4/h5-6,9,11,16H,7-8,10H2,1-4H3,(H,17,18). The summed E-state index contributed by atoms with van der Waals surface area (Å²) in [6.07, 6.45) is 0.829. The molecule has 0 fully saturated rings. The number of hydrogen-bond acceptors (Lipinski definition) is 4.